The Labute approximate surface area is 108 Å². The predicted octanol–water partition coefficient (Wildman–Crippen LogP) is 1.84. The van der Waals surface area contributed by atoms with Gasteiger partial charge in [0.05, 0.1) is 0 Å². The average molecular weight is 248 g/mol. The number of carbonyl (C=O) groups is 2. The number of benzene rings is 1. The van der Waals surface area contributed by atoms with Gasteiger partial charge in [-0.25, -0.2) is 0 Å². The Kier molecular flexibility index (Phi) is 5.36. The molecule has 4 nitrogen and oxygen atoms in total. The Bertz CT molecular complexity index is 408. The highest BCUT2D eigenvalue weighted by Gasteiger charge is 2.13. The highest BCUT2D eigenvalue weighted by Crippen LogP contribution is 2.08. The van der Waals surface area contributed by atoms with Gasteiger partial charge in [0.15, 0.2) is 0 Å². The van der Waals surface area contributed by atoms with Crippen LogP contribution in [0.4, 0.5) is 0 Å². The fourth-order valence-electron chi connectivity index (χ4n) is 1.78. The van der Waals surface area contributed by atoms with Crippen LogP contribution in [-0.2, 0) is 11.3 Å². The fourth-order valence-corrected chi connectivity index (χ4v) is 1.78. The molecule has 3 N–H and O–H groups in total. The first-order chi connectivity index (χ1) is 8.58. The van der Waals surface area contributed by atoms with Crippen molar-refractivity contribution in [1.29, 1.82) is 0 Å². The van der Waals surface area contributed by atoms with E-state index in [2.05, 4.69) is 5.32 Å². The number of nitrogens with one attached hydrogen (secondary N) is 1. The number of primary amides is 1. The monoisotopic (exact) mass is 248 g/mol. The molecule has 1 aromatic rings. The molecule has 0 saturated carbocycles. The minimum Gasteiger partial charge on any atom is -0.366 e. The second-order valence-corrected chi connectivity index (χ2v) is 4.29. The van der Waals surface area contributed by atoms with Crippen LogP contribution >= 0.6 is 0 Å². The molecular formula is C14H20N2O2. The van der Waals surface area contributed by atoms with Gasteiger partial charge in [0, 0.05) is 18.0 Å². The first-order valence-electron chi connectivity index (χ1n) is 6.24. The summed E-state index contributed by atoms with van der Waals surface area (Å²) in [6, 6.07) is 6.93. The van der Waals surface area contributed by atoms with Crippen molar-refractivity contribution < 1.29 is 9.59 Å². The van der Waals surface area contributed by atoms with Gasteiger partial charge in [0.2, 0.25) is 11.8 Å². The average Bonchev–Trinajstić information content (AvgIpc) is 2.38. The normalized spacial score (nSPS) is 10.4. The fraction of sp³-hybridized carbons (Fsp3) is 0.429. The lowest BCUT2D eigenvalue weighted by atomic mass is 10.0. The smallest absolute Gasteiger partial charge is 0.248 e. The van der Waals surface area contributed by atoms with Gasteiger partial charge in [0.25, 0.3) is 0 Å². The maximum atomic E-state index is 11.8. The van der Waals surface area contributed by atoms with E-state index >= 15 is 0 Å². The van der Waals surface area contributed by atoms with Crippen LogP contribution in [0, 0.1) is 5.92 Å². The van der Waals surface area contributed by atoms with Crippen molar-refractivity contribution in [3.8, 4) is 0 Å². The van der Waals surface area contributed by atoms with Crippen molar-refractivity contribution >= 4 is 11.8 Å². The van der Waals surface area contributed by atoms with Crippen molar-refractivity contribution in [2.75, 3.05) is 0 Å². The molecule has 0 atom stereocenters. The Morgan fingerprint density at radius 2 is 1.72 bits per heavy atom. The van der Waals surface area contributed by atoms with Crippen molar-refractivity contribution in [1.82, 2.24) is 5.32 Å². The summed E-state index contributed by atoms with van der Waals surface area (Å²) in [5.41, 5.74) is 6.59. The molecule has 0 bridgehead atoms. The van der Waals surface area contributed by atoms with Crippen molar-refractivity contribution in [2.24, 2.45) is 11.7 Å². The minimum absolute atomic E-state index is 0.0786. The van der Waals surface area contributed by atoms with E-state index in [1.54, 1.807) is 24.3 Å². The molecule has 0 aliphatic heterocycles. The van der Waals surface area contributed by atoms with E-state index in [1.165, 1.54) is 0 Å². The quantitative estimate of drug-likeness (QED) is 0.806. The van der Waals surface area contributed by atoms with Crippen LogP contribution in [0.2, 0.25) is 0 Å². The molecule has 2 amide bonds. The van der Waals surface area contributed by atoms with E-state index < -0.39 is 5.91 Å². The number of hydrogen-bond donors (Lipinski definition) is 2. The number of rotatable bonds is 6. The lowest BCUT2D eigenvalue weighted by Crippen LogP contribution is -2.29. The van der Waals surface area contributed by atoms with Gasteiger partial charge in [-0.05, 0) is 30.5 Å². The van der Waals surface area contributed by atoms with E-state index in [0.717, 1.165) is 18.4 Å². The lowest BCUT2D eigenvalue weighted by molar-refractivity contribution is -0.125. The zero-order chi connectivity index (χ0) is 13.5. The summed E-state index contributed by atoms with van der Waals surface area (Å²) in [6.45, 7) is 4.50. The van der Waals surface area contributed by atoms with Crippen molar-refractivity contribution in [2.45, 2.75) is 33.2 Å². The molecule has 0 radical (unpaired) electrons. The SMILES string of the molecule is CCC(CC)C(=O)NCc1ccc(C(N)=O)cc1. The van der Waals surface area contributed by atoms with Crippen molar-refractivity contribution in [3.05, 3.63) is 35.4 Å². The standard InChI is InChI=1S/C14H20N2O2/c1-3-11(4-2)14(18)16-9-10-5-7-12(8-6-10)13(15)17/h5-8,11H,3-4,9H2,1-2H3,(H2,15,17)(H,16,18). The predicted molar refractivity (Wildman–Crippen MR) is 70.9 cm³/mol. The van der Waals surface area contributed by atoms with Gasteiger partial charge in [-0.3, -0.25) is 9.59 Å². The molecule has 0 aliphatic rings. The van der Waals surface area contributed by atoms with E-state index in [-0.39, 0.29) is 11.8 Å². The summed E-state index contributed by atoms with van der Waals surface area (Å²) in [4.78, 5) is 22.7. The van der Waals surface area contributed by atoms with Gasteiger partial charge >= 0.3 is 0 Å². The third-order valence-corrected chi connectivity index (χ3v) is 3.06. The Hall–Kier alpha value is -1.84. The van der Waals surface area contributed by atoms with Crippen LogP contribution in [0.5, 0.6) is 0 Å². The summed E-state index contributed by atoms with van der Waals surface area (Å²) < 4.78 is 0. The highest BCUT2D eigenvalue weighted by molar-refractivity contribution is 5.92. The molecule has 0 saturated heterocycles. The van der Waals surface area contributed by atoms with Crippen LogP contribution in [0.3, 0.4) is 0 Å². The van der Waals surface area contributed by atoms with E-state index in [0.29, 0.717) is 12.1 Å². The van der Waals surface area contributed by atoms with E-state index in [9.17, 15) is 9.59 Å². The Morgan fingerprint density at radius 3 is 2.17 bits per heavy atom. The molecule has 1 rings (SSSR count). The van der Waals surface area contributed by atoms with Crippen LogP contribution in [0.15, 0.2) is 24.3 Å². The van der Waals surface area contributed by atoms with Gasteiger partial charge in [-0.1, -0.05) is 26.0 Å². The number of hydrogen-bond acceptors (Lipinski definition) is 2. The second-order valence-electron chi connectivity index (χ2n) is 4.29. The van der Waals surface area contributed by atoms with Gasteiger partial charge in [-0.2, -0.15) is 0 Å². The van der Waals surface area contributed by atoms with E-state index in [4.69, 9.17) is 5.73 Å². The third kappa shape index (κ3) is 3.87. The van der Waals surface area contributed by atoms with Gasteiger partial charge in [-0.15, -0.1) is 0 Å². The molecule has 4 heteroatoms. The number of amides is 2. The summed E-state index contributed by atoms with van der Waals surface area (Å²) in [6.07, 6.45) is 1.70. The number of nitrogens with two attached hydrogens (primary N) is 1. The van der Waals surface area contributed by atoms with Crippen LogP contribution < -0.4 is 11.1 Å². The lowest BCUT2D eigenvalue weighted by Gasteiger charge is -2.12. The summed E-state index contributed by atoms with van der Waals surface area (Å²) >= 11 is 0. The molecule has 1 aromatic carbocycles. The summed E-state index contributed by atoms with van der Waals surface area (Å²) in [5.74, 6) is -0.281. The van der Waals surface area contributed by atoms with Crippen LogP contribution in [-0.4, -0.2) is 11.8 Å². The molecule has 18 heavy (non-hydrogen) atoms. The topological polar surface area (TPSA) is 72.2 Å². The molecule has 98 valence electrons. The first-order valence-corrected chi connectivity index (χ1v) is 6.24. The zero-order valence-corrected chi connectivity index (χ0v) is 10.9. The molecule has 0 aromatic heterocycles. The van der Waals surface area contributed by atoms with Crippen LogP contribution in [0.1, 0.15) is 42.6 Å². The Morgan fingerprint density at radius 1 is 1.17 bits per heavy atom. The van der Waals surface area contributed by atoms with E-state index in [1.807, 2.05) is 13.8 Å². The molecule has 0 spiro atoms. The van der Waals surface area contributed by atoms with Gasteiger partial charge in [0.1, 0.15) is 0 Å². The van der Waals surface area contributed by atoms with Crippen LogP contribution in [0.25, 0.3) is 0 Å². The summed E-state index contributed by atoms with van der Waals surface area (Å²) in [7, 11) is 0. The third-order valence-electron chi connectivity index (χ3n) is 3.06. The number of carbonyl (C=O) groups excluding carboxylic acids is 2. The molecule has 0 fully saturated rings. The Balaban J connectivity index is 2.53. The zero-order valence-electron chi connectivity index (χ0n) is 10.9. The summed E-state index contributed by atoms with van der Waals surface area (Å²) in [5, 5.41) is 2.89. The van der Waals surface area contributed by atoms with Gasteiger partial charge < -0.3 is 11.1 Å². The maximum absolute atomic E-state index is 11.8. The molecular weight excluding hydrogens is 228 g/mol. The largest absolute Gasteiger partial charge is 0.366 e. The minimum atomic E-state index is -0.442. The van der Waals surface area contributed by atoms with Crippen molar-refractivity contribution in [3.63, 3.8) is 0 Å². The molecule has 0 unspecified atom stereocenters. The highest BCUT2D eigenvalue weighted by atomic mass is 16.2. The molecule has 0 aliphatic carbocycles. The maximum Gasteiger partial charge on any atom is 0.248 e. The first kappa shape index (κ1) is 14.2. The second kappa shape index (κ2) is 6.79. The molecule has 0 heterocycles.